The van der Waals surface area contributed by atoms with Crippen molar-refractivity contribution in [1.82, 2.24) is 4.90 Å². The fraction of sp³-hybridized carbons (Fsp3) is 0.130. The Morgan fingerprint density at radius 1 is 0.931 bits per heavy atom. The van der Waals surface area contributed by atoms with E-state index in [1.165, 1.54) is 11.2 Å². The number of carbonyl (C=O) groups is 2. The maximum absolute atomic E-state index is 13.1. The molecule has 0 saturated heterocycles. The van der Waals surface area contributed by atoms with Crippen molar-refractivity contribution < 1.29 is 18.7 Å². The monoisotopic (exact) mass is 388 g/mol. The topological polar surface area (TPSA) is 71.8 Å². The molecule has 2 heterocycles. The second-order valence-corrected chi connectivity index (χ2v) is 6.47. The molecule has 6 heteroatoms. The Kier molecular flexibility index (Phi) is 5.16. The van der Waals surface area contributed by atoms with Gasteiger partial charge in [0, 0.05) is 5.69 Å². The highest BCUT2D eigenvalue weighted by molar-refractivity contribution is 6.36. The molecule has 1 aromatic heterocycles. The van der Waals surface area contributed by atoms with Crippen LogP contribution in [0.1, 0.15) is 18.2 Å². The van der Waals surface area contributed by atoms with Gasteiger partial charge >= 0.3 is 0 Å². The van der Waals surface area contributed by atoms with E-state index in [0.717, 1.165) is 5.75 Å². The van der Waals surface area contributed by atoms with Crippen LogP contribution in [0.3, 0.4) is 0 Å². The molecule has 0 spiro atoms. The molecule has 0 unspecified atom stereocenters. The molecule has 2 aromatic carbocycles. The zero-order chi connectivity index (χ0) is 20.2. The van der Waals surface area contributed by atoms with Gasteiger partial charge in [0.15, 0.2) is 0 Å². The maximum atomic E-state index is 13.1. The molecule has 1 aliphatic rings. The summed E-state index contributed by atoms with van der Waals surface area (Å²) in [5.74, 6) is 0.537. The van der Waals surface area contributed by atoms with Crippen LogP contribution in [-0.4, -0.2) is 23.3 Å². The summed E-state index contributed by atoms with van der Waals surface area (Å²) in [6.45, 7) is 2.57. The van der Waals surface area contributed by atoms with Gasteiger partial charge in [-0.05, 0) is 48.9 Å². The van der Waals surface area contributed by atoms with Crippen molar-refractivity contribution in [3.8, 4) is 5.75 Å². The van der Waals surface area contributed by atoms with Crippen LogP contribution in [0.4, 0.5) is 5.69 Å². The molecule has 1 N–H and O–H groups in total. The van der Waals surface area contributed by atoms with E-state index in [4.69, 9.17) is 9.15 Å². The molecule has 0 radical (unpaired) electrons. The molecular weight excluding hydrogens is 368 g/mol. The minimum absolute atomic E-state index is 0.0788. The third kappa shape index (κ3) is 3.78. The minimum atomic E-state index is -0.390. The first-order valence-electron chi connectivity index (χ1n) is 9.35. The molecular formula is C23H20N2O4. The van der Waals surface area contributed by atoms with Crippen LogP contribution in [0, 0.1) is 0 Å². The molecule has 0 fully saturated rings. The van der Waals surface area contributed by atoms with E-state index in [2.05, 4.69) is 5.32 Å². The number of imide groups is 1. The molecule has 3 aromatic rings. The quantitative estimate of drug-likeness (QED) is 0.618. The van der Waals surface area contributed by atoms with Gasteiger partial charge in [0.2, 0.25) is 0 Å². The molecule has 4 rings (SSSR count). The summed E-state index contributed by atoms with van der Waals surface area (Å²) < 4.78 is 10.8. The van der Waals surface area contributed by atoms with Gasteiger partial charge in [-0.15, -0.1) is 0 Å². The summed E-state index contributed by atoms with van der Waals surface area (Å²) in [5, 5.41) is 3.13. The van der Waals surface area contributed by atoms with E-state index in [1.807, 2.05) is 61.5 Å². The smallest absolute Gasteiger partial charge is 0.278 e. The van der Waals surface area contributed by atoms with Gasteiger partial charge in [-0.2, -0.15) is 0 Å². The van der Waals surface area contributed by atoms with Crippen LogP contribution in [0.2, 0.25) is 0 Å². The Bertz CT molecular complexity index is 1040. The fourth-order valence-electron chi connectivity index (χ4n) is 3.21. The third-order valence-electron chi connectivity index (χ3n) is 4.56. The predicted molar refractivity (Wildman–Crippen MR) is 109 cm³/mol. The number of benzene rings is 2. The zero-order valence-corrected chi connectivity index (χ0v) is 15.9. The Morgan fingerprint density at radius 2 is 1.69 bits per heavy atom. The summed E-state index contributed by atoms with van der Waals surface area (Å²) >= 11 is 0. The lowest BCUT2D eigenvalue weighted by atomic mass is 10.0. The van der Waals surface area contributed by atoms with Crippen LogP contribution in [0.15, 0.2) is 83.1 Å². The molecule has 0 atom stereocenters. The molecule has 0 aliphatic carbocycles. The summed E-state index contributed by atoms with van der Waals surface area (Å²) in [4.78, 5) is 27.4. The first-order chi connectivity index (χ1) is 14.2. The van der Waals surface area contributed by atoms with Crippen molar-refractivity contribution in [3.05, 3.63) is 90.0 Å². The second kappa shape index (κ2) is 8.06. The Balaban J connectivity index is 1.68. The Hall–Kier alpha value is -3.80. The number of hydrogen-bond donors (Lipinski definition) is 1. The molecule has 6 nitrogen and oxygen atoms in total. The number of carbonyl (C=O) groups excluding carboxylic acids is 2. The highest BCUT2D eigenvalue weighted by Crippen LogP contribution is 2.31. The second-order valence-electron chi connectivity index (χ2n) is 6.47. The minimum Gasteiger partial charge on any atom is -0.494 e. The lowest BCUT2D eigenvalue weighted by Crippen LogP contribution is -2.31. The lowest BCUT2D eigenvalue weighted by molar-refractivity contribution is -0.137. The highest BCUT2D eigenvalue weighted by Gasteiger charge is 2.39. The molecule has 146 valence electrons. The van der Waals surface area contributed by atoms with Gasteiger partial charge in [0.1, 0.15) is 17.2 Å². The van der Waals surface area contributed by atoms with Crippen molar-refractivity contribution in [3.63, 3.8) is 0 Å². The summed E-state index contributed by atoms with van der Waals surface area (Å²) in [7, 11) is 0. The number of anilines is 1. The van der Waals surface area contributed by atoms with Crippen LogP contribution in [-0.2, 0) is 16.1 Å². The number of rotatable bonds is 7. The van der Waals surface area contributed by atoms with Crippen molar-refractivity contribution in [2.24, 2.45) is 0 Å². The van der Waals surface area contributed by atoms with Crippen LogP contribution < -0.4 is 10.1 Å². The van der Waals surface area contributed by atoms with Gasteiger partial charge in [-0.1, -0.05) is 30.3 Å². The number of amides is 2. The van der Waals surface area contributed by atoms with E-state index in [1.54, 1.807) is 12.1 Å². The van der Waals surface area contributed by atoms with Crippen molar-refractivity contribution in [1.29, 1.82) is 0 Å². The lowest BCUT2D eigenvalue weighted by Gasteiger charge is -2.13. The zero-order valence-electron chi connectivity index (χ0n) is 15.9. The summed E-state index contributed by atoms with van der Waals surface area (Å²) in [6, 6.07) is 19.9. The van der Waals surface area contributed by atoms with E-state index in [9.17, 15) is 9.59 Å². The number of nitrogens with one attached hydrogen (secondary N) is 1. The SMILES string of the molecule is CCOc1ccc(NC2=C(c3ccccc3)C(=O)N(Cc3ccco3)C2=O)cc1. The molecule has 29 heavy (non-hydrogen) atoms. The van der Waals surface area contributed by atoms with Gasteiger partial charge in [-0.25, -0.2) is 0 Å². The highest BCUT2D eigenvalue weighted by atomic mass is 16.5. The van der Waals surface area contributed by atoms with Gasteiger partial charge in [-0.3, -0.25) is 14.5 Å². The first-order valence-corrected chi connectivity index (χ1v) is 9.35. The number of nitrogens with zero attached hydrogens (tertiary/aromatic N) is 1. The molecule has 2 amide bonds. The van der Waals surface area contributed by atoms with Gasteiger partial charge in [0.25, 0.3) is 11.8 Å². The maximum Gasteiger partial charge on any atom is 0.278 e. The molecule has 0 bridgehead atoms. The average molecular weight is 388 g/mol. The first kappa shape index (κ1) is 18.6. The third-order valence-corrected chi connectivity index (χ3v) is 4.56. The summed E-state index contributed by atoms with van der Waals surface area (Å²) in [6.07, 6.45) is 1.52. The van der Waals surface area contributed by atoms with Crippen molar-refractivity contribution >= 4 is 23.1 Å². The molecule has 0 saturated carbocycles. The largest absolute Gasteiger partial charge is 0.494 e. The van der Waals surface area contributed by atoms with Gasteiger partial charge in [0.05, 0.1) is 25.0 Å². The van der Waals surface area contributed by atoms with Crippen LogP contribution >= 0.6 is 0 Å². The number of ether oxygens (including phenoxy) is 1. The van der Waals surface area contributed by atoms with Crippen LogP contribution in [0.25, 0.3) is 5.57 Å². The predicted octanol–water partition coefficient (Wildman–Crippen LogP) is 4.07. The fourth-order valence-corrected chi connectivity index (χ4v) is 3.21. The summed E-state index contributed by atoms with van der Waals surface area (Å²) in [5.41, 5.74) is 1.96. The average Bonchev–Trinajstić information content (AvgIpc) is 3.33. The Morgan fingerprint density at radius 3 is 2.34 bits per heavy atom. The number of furan rings is 1. The van der Waals surface area contributed by atoms with Gasteiger partial charge < -0.3 is 14.5 Å². The van der Waals surface area contributed by atoms with Crippen molar-refractivity contribution in [2.75, 3.05) is 11.9 Å². The van der Waals surface area contributed by atoms with Crippen LogP contribution in [0.5, 0.6) is 5.75 Å². The van der Waals surface area contributed by atoms with E-state index < -0.39 is 0 Å². The van der Waals surface area contributed by atoms with E-state index in [-0.39, 0.29) is 24.1 Å². The van der Waals surface area contributed by atoms with Crippen molar-refractivity contribution in [2.45, 2.75) is 13.5 Å². The Labute approximate surface area is 168 Å². The van der Waals surface area contributed by atoms with E-state index in [0.29, 0.717) is 29.2 Å². The van der Waals surface area contributed by atoms with E-state index >= 15 is 0 Å². The standard InChI is InChI=1S/C23H20N2O4/c1-2-28-18-12-10-17(11-13-18)24-21-20(16-7-4-3-5-8-16)22(26)25(23(21)27)15-19-9-6-14-29-19/h3-14,24H,2,15H2,1H3. The normalized spacial score (nSPS) is 13.9. The number of hydrogen-bond acceptors (Lipinski definition) is 5. The molecule has 1 aliphatic heterocycles.